The number of rotatable bonds is 8. The molecule has 0 heterocycles. The Morgan fingerprint density at radius 3 is 2.50 bits per heavy atom. The van der Waals surface area contributed by atoms with Crippen molar-refractivity contribution in [3.8, 4) is 5.75 Å². The summed E-state index contributed by atoms with van der Waals surface area (Å²) in [5.41, 5.74) is 3.00. The minimum atomic E-state index is -0.0170. The Morgan fingerprint density at radius 1 is 1.23 bits per heavy atom. The van der Waals surface area contributed by atoms with Crippen molar-refractivity contribution in [1.29, 1.82) is 0 Å². The van der Waals surface area contributed by atoms with Crippen molar-refractivity contribution < 1.29 is 9.53 Å². The number of hydrogen-bond donors (Lipinski definition) is 1. The summed E-state index contributed by atoms with van der Waals surface area (Å²) in [6, 6.07) is 11.4. The lowest BCUT2D eigenvalue weighted by atomic mass is 10.0. The third-order valence-corrected chi connectivity index (χ3v) is 5.77. The van der Waals surface area contributed by atoms with E-state index >= 15 is 0 Å². The smallest absolute Gasteiger partial charge is 0.230 e. The number of ether oxygens (including phenoxy) is 1. The Labute approximate surface area is 169 Å². The second-order valence-corrected chi connectivity index (χ2v) is 7.75. The normalized spacial score (nSPS) is 11.9. The molecule has 0 aliphatic heterocycles. The van der Waals surface area contributed by atoms with Gasteiger partial charge in [-0.25, -0.2) is 0 Å². The maximum atomic E-state index is 12.3. The summed E-state index contributed by atoms with van der Waals surface area (Å²) in [5, 5.41) is 4.36. The average molecular weight is 412 g/mol. The summed E-state index contributed by atoms with van der Waals surface area (Å²) in [4.78, 5) is 12.3. The fourth-order valence-electron chi connectivity index (χ4n) is 2.69. The van der Waals surface area contributed by atoms with Crippen LogP contribution < -0.4 is 10.1 Å². The Bertz CT molecular complexity index is 747. The van der Waals surface area contributed by atoms with E-state index in [0.29, 0.717) is 21.6 Å². The maximum absolute atomic E-state index is 12.3. The van der Waals surface area contributed by atoms with Gasteiger partial charge in [-0.1, -0.05) is 48.3 Å². The number of carbonyl (C=O) groups is 1. The second-order valence-electron chi connectivity index (χ2n) is 5.95. The first-order chi connectivity index (χ1) is 12.5. The van der Waals surface area contributed by atoms with Crippen LogP contribution in [0, 0.1) is 6.92 Å². The topological polar surface area (TPSA) is 38.3 Å². The van der Waals surface area contributed by atoms with E-state index in [1.165, 1.54) is 11.8 Å². The molecule has 0 radical (unpaired) electrons. The number of thioether (sulfide) groups is 1. The van der Waals surface area contributed by atoms with E-state index in [-0.39, 0.29) is 11.9 Å². The summed E-state index contributed by atoms with van der Waals surface area (Å²) in [5.74, 6) is 1.80. The number of benzene rings is 2. The minimum Gasteiger partial charge on any atom is -0.496 e. The van der Waals surface area contributed by atoms with Gasteiger partial charge in [0.05, 0.1) is 18.9 Å². The Morgan fingerprint density at radius 2 is 1.92 bits per heavy atom. The number of amides is 1. The molecule has 2 rings (SSSR count). The molecule has 0 unspecified atom stereocenters. The predicted octanol–water partition coefficient (Wildman–Crippen LogP) is 5.81. The van der Waals surface area contributed by atoms with E-state index in [1.807, 2.05) is 37.3 Å². The molecule has 2 aromatic carbocycles. The lowest BCUT2D eigenvalue weighted by Crippen LogP contribution is -2.29. The number of aryl methyl sites for hydroxylation is 1. The van der Waals surface area contributed by atoms with Crippen molar-refractivity contribution in [2.45, 2.75) is 32.1 Å². The molecule has 0 saturated heterocycles. The molecule has 0 bridgehead atoms. The van der Waals surface area contributed by atoms with Crippen molar-refractivity contribution in [1.82, 2.24) is 5.32 Å². The molecule has 0 spiro atoms. The first-order valence-corrected chi connectivity index (χ1v) is 10.3. The van der Waals surface area contributed by atoms with Crippen molar-refractivity contribution >= 4 is 40.9 Å². The van der Waals surface area contributed by atoms with Gasteiger partial charge < -0.3 is 10.1 Å². The minimum absolute atomic E-state index is 0.00139. The van der Waals surface area contributed by atoms with Crippen LogP contribution in [0.2, 0.25) is 10.0 Å². The summed E-state index contributed by atoms with van der Waals surface area (Å²) >= 11 is 13.8. The molecular formula is C20H23Cl2NO2S. The Balaban J connectivity index is 1.92. The third-order valence-electron chi connectivity index (χ3n) is 4.11. The summed E-state index contributed by atoms with van der Waals surface area (Å²) in [6.07, 6.45) is 0.818. The molecule has 0 aromatic heterocycles. The van der Waals surface area contributed by atoms with Gasteiger partial charge in [-0.2, -0.15) is 0 Å². The third kappa shape index (κ3) is 5.57. The van der Waals surface area contributed by atoms with E-state index in [9.17, 15) is 4.79 Å². The van der Waals surface area contributed by atoms with Crippen LogP contribution in [0.4, 0.5) is 0 Å². The van der Waals surface area contributed by atoms with E-state index in [4.69, 9.17) is 27.9 Å². The summed E-state index contributed by atoms with van der Waals surface area (Å²) < 4.78 is 5.30. The van der Waals surface area contributed by atoms with Crippen LogP contribution in [0.15, 0.2) is 36.4 Å². The SMILES string of the molecule is CC[C@@H](NC(=O)CSCc1c(Cl)cccc1Cl)c1ccc(OC)c(C)c1. The molecule has 140 valence electrons. The Hall–Kier alpha value is -1.36. The summed E-state index contributed by atoms with van der Waals surface area (Å²) in [7, 11) is 1.66. The van der Waals surface area contributed by atoms with Gasteiger partial charge >= 0.3 is 0 Å². The molecule has 26 heavy (non-hydrogen) atoms. The molecule has 1 amide bonds. The molecule has 6 heteroatoms. The van der Waals surface area contributed by atoms with Gasteiger partial charge in [0.15, 0.2) is 0 Å². The molecule has 1 N–H and O–H groups in total. The highest BCUT2D eigenvalue weighted by Gasteiger charge is 2.14. The molecule has 0 aliphatic carbocycles. The highest BCUT2D eigenvalue weighted by molar-refractivity contribution is 7.99. The molecule has 0 aliphatic rings. The fourth-order valence-corrected chi connectivity index (χ4v) is 4.27. The fraction of sp³-hybridized carbons (Fsp3) is 0.350. The van der Waals surface area contributed by atoms with Crippen molar-refractivity contribution in [2.24, 2.45) is 0 Å². The highest BCUT2D eigenvalue weighted by atomic mass is 35.5. The van der Waals surface area contributed by atoms with Crippen LogP contribution in [0.1, 0.15) is 36.1 Å². The van der Waals surface area contributed by atoms with Crippen LogP contribution in [-0.2, 0) is 10.5 Å². The zero-order valence-electron chi connectivity index (χ0n) is 15.1. The van der Waals surface area contributed by atoms with E-state index in [2.05, 4.69) is 18.3 Å². The number of hydrogen-bond acceptors (Lipinski definition) is 3. The van der Waals surface area contributed by atoms with Crippen LogP contribution in [-0.4, -0.2) is 18.8 Å². The van der Waals surface area contributed by atoms with Crippen LogP contribution in [0.3, 0.4) is 0 Å². The molecule has 2 aromatic rings. The first-order valence-electron chi connectivity index (χ1n) is 8.40. The van der Waals surface area contributed by atoms with Gasteiger partial charge in [0.1, 0.15) is 5.75 Å². The van der Waals surface area contributed by atoms with E-state index in [1.54, 1.807) is 7.11 Å². The monoisotopic (exact) mass is 411 g/mol. The van der Waals surface area contributed by atoms with Gasteiger partial charge in [-0.05, 0) is 48.2 Å². The number of nitrogens with one attached hydrogen (secondary N) is 1. The highest BCUT2D eigenvalue weighted by Crippen LogP contribution is 2.28. The molecule has 0 saturated carbocycles. The number of halogens is 2. The van der Waals surface area contributed by atoms with Gasteiger partial charge in [0, 0.05) is 15.8 Å². The van der Waals surface area contributed by atoms with Crippen LogP contribution in [0.5, 0.6) is 5.75 Å². The van der Waals surface area contributed by atoms with Gasteiger partial charge in [0.25, 0.3) is 0 Å². The zero-order chi connectivity index (χ0) is 19.1. The van der Waals surface area contributed by atoms with E-state index < -0.39 is 0 Å². The standard InChI is InChI=1S/C20H23Cl2NO2S/c1-4-18(14-8-9-19(25-3)13(2)10-14)23-20(24)12-26-11-15-16(21)6-5-7-17(15)22/h5-10,18H,4,11-12H2,1-3H3,(H,23,24)/t18-/m1/s1. The lowest BCUT2D eigenvalue weighted by molar-refractivity contribution is -0.119. The second kappa shape index (κ2) is 10.1. The Kier molecular flexibility index (Phi) is 8.14. The molecule has 3 nitrogen and oxygen atoms in total. The number of carbonyl (C=O) groups excluding carboxylic acids is 1. The van der Waals surface area contributed by atoms with Crippen LogP contribution in [0.25, 0.3) is 0 Å². The maximum Gasteiger partial charge on any atom is 0.230 e. The molecule has 0 fully saturated rings. The van der Waals surface area contributed by atoms with Gasteiger partial charge in [-0.15, -0.1) is 11.8 Å². The average Bonchev–Trinajstić information content (AvgIpc) is 2.62. The largest absolute Gasteiger partial charge is 0.496 e. The zero-order valence-corrected chi connectivity index (χ0v) is 17.5. The molecular weight excluding hydrogens is 389 g/mol. The molecule has 1 atom stereocenters. The predicted molar refractivity (Wildman–Crippen MR) is 112 cm³/mol. The quantitative estimate of drug-likeness (QED) is 0.595. The first kappa shape index (κ1) is 20.9. The van der Waals surface area contributed by atoms with Crippen molar-refractivity contribution in [2.75, 3.05) is 12.9 Å². The van der Waals surface area contributed by atoms with E-state index in [0.717, 1.165) is 28.9 Å². The van der Waals surface area contributed by atoms with Crippen molar-refractivity contribution in [3.05, 3.63) is 63.1 Å². The van der Waals surface area contributed by atoms with Gasteiger partial charge in [-0.3, -0.25) is 4.79 Å². The van der Waals surface area contributed by atoms with Crippen molar-refractivity contribution in [3.63, 3.8) is 0 Å². The lowest BCUT2D eigenvalue weighted by Gasteiger charge is -2.19. The summed E-state index contributed by atoms with van der Waals surface area (Å²) in [6.45, 7) is 4.06. The number of methoxy groups -OCH3 is 1. The van der Waals surface area contributed by atoms with Crippen LogP contribution >= 0.6 is 35.0 Å². The van der Waals surface area contributed by atoms with Gasteiger partial charge in [0.2, 0.25) is 5.91 Å².